The molecule has 0 saturated carbocycles. The van der Waals surface area contributed by atoms with Crippen LogP contribution in [0.5, 0.6) is 0 Å². The number of carbonyl (C=O) groups is 1. The van der Waals surface area contributed by atoms with Crippen molar-refractivity contribution in [1.29, 1.82) is 0 Å². The van der Waals surface area contributed by atoms with Gasteiger partial charge < -0.3 is 62.2 Å². The standard InChI is InChI=1S/C24H57NO14Si4/c1-11-27-24(26)25-22-21-23-40(37-41(28-12-2,29-13-3)30-14-4,38-42(31-15-5,32-16-6)33-17-7)39-43(34-18-8,35-19-9)36-20-10/h11-23H2,1-10H3,(H,25,26). The maximum absolute atomic E-state index is 12.0. The molecule has 0 spiro atoms. The zero-order chi connectivity index (χ0) is 32.7. The molecule has 0 fully saturated rings. The van der Waals surface area contributed by atoms with E-state index in [9.17, 15) is 4.79 Å². The minimum absolute atomic E-state index is 0.0886. The van der Waals surface area contributed by atoms with Crippen molar-refractivity contribution >= 4 is 42.0 Å². The van der Waals surface area contributed by atoms with Gasteiger partial charge in [0.2, 0.25) is 0 Å². The lowest BCUT2D eigenvalue weighted by molar-refractivity contribution is -0.0545. The summed E-state index contributed by atoms with van der Waals surface area (Å²) in [5, 5.41) is 2.72. The quantitative estimate of drug-likeness (QED) is 0.0894. The first-order valence-corrected chi connectivity index (χ1v) is 22.2. The lowest BCUT2D eigenvalue weighted by Gasteiger charge is -2.43. The summed E-state index contributed by atoms with van der Waals surface area (Å²) in [7, 11) is -16.1. The van der Waals surface area contributed by atoms with Gasteiger partial charge in [-0.25, -0.2) is 4.79 Å². The van der Waals surface area contributed by atoms with Crippen LogP contribution in [0.4, 0.5) is 4.79 Å². The van der Waals surface area contributed by atoms with Gasteiger partial charge in [-0.3, -0.25) is 0 Å². The number of hydrogen-bond acceptors (Lipinski definition) is 14. The Bertz CT molecular complexity index is 595. The predicted molar refractivity (Wildman–Crippen MR) is 165 cm³/mol. The highest BCUT2D eigenvalue weighted by Crippen LogP contribution is 2.33. The second-order valence-electron chi connectivity index (χ2n) is 8.14. The monoisotopic (exact) mass is 695 g/mol. The van der Waals surface area contributed by atoms with Gasteiger partial charge >= 0.3 is 42.0 Å². The van der Waals surface area contributed by atoms with Crippen LogP contribution in [0.15, 0.2) is 0 Å². The van der Waals surface area contributed by atoms with Gasteiger partial charge in [0, 0.05) is 72.1 Å². The minimum atomic E-state index is -4.26. The summed E-state index contributed by atoms with van der Waals surface area (Å²) in [6.45, 7) is 20.4. The molecule has 258 valence electrons. The Labute approximate surface area is 263 Å². The van der Waals surface area contributed by atoms with E-state index in [4.69, 9.17) is 56.9 Å². The van der Waals surface area contributed by atoms with Crippen molar-refractivity contribution in [3.05, 3.63) is 0 Å². The van der Waals surface area contributed by atoms with Crippen LogP contribution in [-0.4, -0.2) is 115 Å². The first kappa shape index (κ1) is 42.7. The first-order chi connectivity index (χ1) is 20.6. The van der Waals surface area contributed by atoms with Crippen LogP contribution < -0.4 is 5.32 Å². The molecule has 43 heavy (non-hydrogen) atoms. The Morgan fingerprint density at radius 2 is 0.744 bits per heavy atom. The molecule has 0 rings (SSSR count). The average Bonchev–Trinajstić information content (AvgIpc) is 2.92. The van der Waals surface area contributed by atoms with Crippen molar-refractivity contribution in [2.75, 3.05) is 72.6 Å². The van der Waals surface area contributed by atoms with Crippen LogP contribution in [0.1, 0.15) is 75.7 Å². The summed E-state index contributed by atoms with van der Waals surface area (Å²) in [4.78, 5) is 12.0. The Balaban J connectivity index is 7.30. The Morgan fingerprint density at radius 3 is 0.977 bits per heavy atom. The predicted octanol–water partition coefficient (Wildman–Crippen LogP) is 3.75. The number of hydrogen-bond donors (Lipinski definition) is 1. The third-order valence-electron chi connectivity index (χ3n) is 4.94. The fraction of sp³-hybridized carbons (Fsp3) is 0.958. The normalized spacial score (nSPS) is 13.0. The van der Waals surface area contributed by atoms with Crippen LogP contribution in [0, 0.1) is 0 Å². The van der Waals surface area contributed by atoms with E-state index in [1.54, 1.807) is 69.2 Å². The number of nitrogens with one attached hydrogen (secondary N) is 1. The van der Waals surface area contributed by atoms with E-state index in [2.05, 4.69) is 5.32 Å². The smallest absolute Gasteiger partial charge is 0.450 e. The van der Waals surface area contributed by atoms with Gasteiger partial charge in [0.15, 0.2) is 0 Å². The number of ether oxygens (including phenoxy) is 1. The molecular weight excluding hydrogens is 639 g/mol. The molecule has 0 unspecified atom stereocenters. The molecule has 0 radical (unpaired) electrons. The van der Waals surface area contributed by atoms with Crippen molar-refractivity contribution < 1.29 is 61.7 Å². The van der Waals surface area contributed by atoms with Gasteiger partial charge in [-0.1, -0.05) is 0 Å². The SMILES string of the molecule is CCOC(=O)NCCC[Si](O[Si](OCC)(OCC)OCC)(O[Si](OCC)(OCC)OCC)O[Si](OCC)(OCC)OCC. The largest absolute Gasteiger partial charge is 0.672 e. The molecule has 1 N–H and O–H groups in total. The first-order valence-electron chi connectivity index (χ1n) is 15.4. The molecule has 0 aromatic heterocycles. The van der Waals surface area contributed by atoms with Gasteiger partial charge in [-0.2, -0.15) is 0 Å². The molecule has 0 aromatic rings. The molecule has 0 saturated heterocycles. The van der Waals surface area contributed by atoms with Crippen LogP contribution in [-0.2, 0) is 56.9 Å². The van der Waals surface area contributed by atoms with Crippen molar-refractivity contribution in [3.8, 4) is 0 Å². The summed E-state index contributed by atoms with van der Waals surface area (Å²) in [5.74, 6) is 0. The minimum Gasteiger partial charge on any atom is -0.450 e. The van der Waals surface area contributed by atoms with E-state index < -0.39 is 42.0 Å². The van der Waals surface area contributed by atoms with Gasteiger partial charge in [0.05, 0.1) is 6.61 Å². The van der Waals surface area contributed by atoms with Crippen LogP contribution in [0.25, 0.3) is 0 Å². The van der Waals surface area contributed by atoms with E-state index in [0.29, 0.717) is 6.42 Å². The second kappa shape index (κ2) is 23.9. The molecule has 0 aliphatic carbocycles. The third kappa shape index (κ3) is 15.7. The van der Waals surface area contributed by atoms with E-state index in [0.717, 1.165) is 0 Å². The Kier molecular flexibility index (Phi) is 23.7. The molecule has 1 amide bonds. The highest BCUT2D eigenvalue weighted by atomic mass is 28.5. The molecule has 0 aliphatic heterocycles. The lowest BCUT2D eigenvalue weighted by atomic mass is 10.5. The molecule has 0 atom stereocenters. The molecule has 0 aliphatic rings. The molecule has 0 heterocycles. The van der Waals surface area contributed by atoms with Crippen LogP contribution in [0.3, 0.4) is 0 Å². The van der Waals surface area contributed by atoms with Crippen LogP contribution >= 0.6 is 0 Å². The van der Waals surface area contributed by atoms with E-state index in [1.807, 2.05) is 0 Å². The van der Waals surface area contributed by atoms with E-state index in [1.165, 1.54) is 0 Å². The Hall–Kier alpha value is -0.342. The van der Waals surface area contributed by atoms with Gasteiger partial charge in [0.25, 0.3) is 0 Å². The fourth-order valence-electron chi connectivity index (χ4n) is 3.70. The zero-order valence-electron chi connectivity index (χ0n) is 27.9. The topological polar surface area (TPSA) is 149 Å². The van der Waals surface area contributed by atoms with E-state index in [-0.39, 0.29) is 78.7 Å². The Morgan fingerprint density at radius 1 is 0.465 bits per heavy atom. The van der Waals surface area contributed by atoms with Gasteiger partial charge in [-0.15, -0.1) is 0 Å². The summed E-state index contributed by atoms with van der Waals surface area (Å²) in [5.41, 5.74) is 0. The summed E-state index contributed by atoms with van der Waals surface area (Å²) in [6, 6.07) is 0.0886. The highest BCUT2D eigenvalue weighted by molar-refractivity contribution is 6.82. The molecule has 15 nitrogen and oxygen atoms in total. The number of carbonyl (C=O) groups excluding carboxylic acids is 1. The van der Waals surface area contributed by atoms with Crippen molar-refractivity contribution in [2.24, 2.45) is 0 Å². The van der Waals surface area contributed by atoms with Crippen molar-refractivity contribution in [1.82, 2.24) is 5.32 Å². The number of rotatable bonds is 29. The summed E-state index contributed by atoms with van der Waals surface area (Å²) >= 11 is 0. The molecular formula is C24H57NO14Si4. The lowest BCUT2D eigenvalue weighted by Crippen LogP contribution is -2.70. The number of alkyl carbamates (subject to hydrolysis) is 1. The van der Waals surface area contributed by atoms with Gasteiger partial charge in [0.1, 0.15) is 0 Å². The van der Waals surface area contributed by atoms with Crippen molar-refractivity contribution in [3.63, 3.8) is 0 Å². The zero-order valence-corrected chi connectivity index (χ0v) is 31.9. The maximum atomic E-state index is 12.0. The fourth-order valence-corrected chi connectivity index (χ4v) is 17.8. The van der Waals surface area contributed by atoms with Crippen LogP contribution in [0.2, 0.25) is 6.04 Å². The van der Waals surface area contributed by atoms with Gasteiger partial charge in [-0.05, 0) is 75.7 Å². The summed E-state index contributed by atoms with van der Waals surface area (Å²) < 4.78 is 80.1. The molecule has 19 heteroatoms. The van der Waals surface area contributed by atoms with E-state index >= 15 is 0 Å². The second-order valence-corrected chi connectivity index (χ2v) is 18.1. The molecule has 0 bridgehead atoms. The third-order valence-corrected chi connectivity index (χ3v) is 18.4. The summed E-state index contributed by atoms with van der Waals surface area (Å²) in [6.07, 6.45) is -0.244. The highest BCUT2D eigenvalue weighted by Gasteiger charge is 2.67. The maximum Gasteiger partial charge on any atom is 0.672 e. The number of amides is 1. The van der Waals surface area contributed by atoms with Crippen molar-refractivity contribution in [2.45, 2.75) is 81.7 Å². The molecule has 0 aromatic carbocycles. The average molecular weight is 696 g/mol.